The number of thiazole rings is 1. The zero-order valence-corrected chi connectivity index (χ0v) is 16.0. The molecule has 2 aromatic carbocycles. The maximum absolute atomic E-state index is 12.6. The Morgan fingerprint density at radius 2 is 1.79 bits per heavy atom. The van der Waals surface area contributed by atoms with E-state index in [9.17, 15) is 19.7 Å². The van der Waals surface area contributed by atoms with Crippen molar-refractivity contribution in [2.24, 2.45) is 0 Å². The van der Waals surface area contributed by atoms with Crippen molar-refractivity contribution in [3.05, 3.63) is 63.7 Å². The molecule has 1 aromatic heterocycles. The minimum Gasteiger partial charge on any atom is -0.378 e. The Morgan fingerprint density at radius 1 is 1.10 bits per heavy atom. The summed E-state index contributed by atoms with van der Waals surface area (Å²) in [5.41, 5.74) is 1.45. The lowest BCUT2D eigenvalue weighted by molar-refractivity contribution is -0.384. The van der Waals surface area contributed by atoms with Crippen molar-refractivity contribution in [1.82, 2.24) is 9.88 Å². The van der Waals surface area contributed by atoms with Crippen LogP contribution < -0.4 is 5.32 Å². The molecule has 0 saturated carbocycles. The van der Waals surface area contributed by atoms with Gasteiger partial charge in [0, 0.05) is 36.3 Å². The highest BCUT2D eigenvalue weighted by Crippen LogP contribution is 2.28. The van der Waals surface area contributed by atoms with Gasteiger partial charge < -0.3 is 9.64 Å². The third-order valence-electron chi connectivity index (χ3n) is 4.49. The molecule has 148 valence electrons. The molecule has 0 bridgehead atoms. The van der Waals surface area contributed by atoms with Gasteiger partial charge >= 0.3 is 0 Å². The summed E-state index contributed by atoms with van der Waals surface area (Å²) in [6, 6.07) is 10.6. The van der Waals surface area contributed by atoms with Crippen molar-refractivity contribution >= 4 is 44.2 Å². The van der Waals surface area contributed by atoms with E-state index in [4.69, 9.17) is 4.74 Å². The molecule has 1 fully saturated rings. The maximum atomic E-state index is 12.6. The number of nitrogens with zero attached hydrogens (tertiary/aromatic N) is 3. The summed E-state index contributed by atoms with van der Waals surface area (Å²) in [7, 11) is 0. The van der Waals surface area contributed by atoms with Gasteiger partial charge in [0.25, 0.3) is 17.5 Å². The first-order valence-electron chi connectivity index (χ1n) is 8.85. The summed E-state index contributed by atoms with van der Waals surface area (Å²) in [5.74, 6) is -0.469. The van der Waals surface area contributed by atoms with Crippen LogP contribution in [-0.4, -0.2) is 52.9 Å². The van der Waals surface area contributed by atoms with Crippen molar-refractivity contribution < 1.29 is 19.2 Å². The number of fused-ring (bicyclic) bond motifs is 1. The van der Waals surface area contributed by atoms with E-state index < -0.39 is 10.8 Å². The van der Waals surface area contributed by atoms with Gasteiger partial charge in [-0.05, 0) is 30.3 Å². The second-order valence-electron chi connectivity index (χ2n) is 6.36. The van der Waals surface area contributed by atoms with E-state index in [2.05, 4.69) is 10.3 Å². The van der Waals surface area contributed by atoms with Crippen molar-refractivity contribution in [3.63, 3.8) is 0 Å². The highest BCUT2D eigenvalue weighted by atomic mass is 32.1. The van der Waals surface area contributed by atoms with Crippen molar-refractivity contribution in [3.8, 4) is 0 Å². The van der Waals surface area contributed by atoms with Crippen LogP contribution in [0.15, 0.2) is 42.5 Å². The first-order valence-corrected chi connectivity index (χ1v) is 9.66. The quantitative estimate of drug-likeness (QED) is 0.520. The van der Waals surface area contributed by atoms with E-state index in [-0.39, 0.29) is 17.2 Å². The maximum Gasteiger partial charge on any atom is 0.269 e. The Morgan fingerprint density at radius 3 is 2.48 bits per heavy atom. The number of carbonyl (C=O) groups is 2. The molecule has 29 heavy (non-hydrogen) atoms. The van der Waals surface area contributed by atoms with Gasteiger partial charge in [0.2, 0.25) is 0 Å². The van der Waals surface area contributed by atoms with Crippen LogP contribution in [0.4, 0.5) is 10.8 Å². The number of benzene rings is 2. The number of nitrogens with one attached hydrogen (secondary N) is 1. The normalized spacial score (nSPS) is 14.0. The number of aromatic nitrogens is 1. The highest BCUT2D eigenvalue weighted by molar-refractivity contribution is 7.22. The third kappa shape index (κ3) is 4.08. The number of carbonyl (C=O) groups excluding carboxylic acids is 2. The highest BCUT2D eigenvalue weighted by Gasteiger charge is 2.19. The van der Waals surface area contributed by atoms with Crippen LogP contribution in [0.3, 0.4) is 0 Å². The number of nitro groups is 1. The number of hydrogen-bond acceptors (Lipinski definition) is 7. The van der Waals surface area contributed by atoms with Crippen molar-refractivity contribution in [1.29, 1.82) is 0 Å². The Balaban J connectivity index is 1.50. The molecule has 0 unspecified atom stereocenters. The van der Waals surface area contributed by atoms with Gasteiger partial charge in [0.05, 0.1) is 28.4 Å². The fourth-order valence-electron chi connectivity index (χ4n) is 2.96. The Labute approximate surface area is 169 Å². The van der Waals surface area contributed by atoms with Gasteiger partial charge in [-0.2, -0.15) is 0 Å². The zero-order valence-electron chi connectivity index (χ0n) is 15.2. The lowest BCUT2D eigenvalue weighted by atomic mass is 10.2. The van der Waals surface area contributed by atoms with Crippen LogP contribution in [0.1, 0.15) is 20.7 Å². The lowest BCUT2D eigenvalue weighted by Gasteiger charge is -2.26. The molecule has 9 nitrogen and oxygen atoms in total. The van der Waals surface area contributed by atoms with E-state index in [1.54, 1.807) is 23.1 Å². The number of rotatable bonds is 4. The molecule has 10 heteroatoms. The molecular weight excluding hydrogens is 396 g/mol. The van der Waals surface area contributed by atoms with Gasteiger partial charge in [-0.25, -0.2) is 4.98 Å². The molecule has 0 atom stereocenters. The topological polar surface area (TPSA) is 115 Å². The molecule has 1 aliphatic heterocycles. The second-order valence-corrected chi connectivity index (χ2v) is 7.39. The van der Waals surface area contributed by atoms with Crippen LogP contribution in [0, 0.1) is 10.1 Å². The average molecular weight is 412 g/mol. The molecule has 2 heterocycles. The fraction of sp³-hybridized carbons (Fsp3) is 0.211. The van der Waals surface area contributed by atoms with Crippen LogP contribution >= 0.6 is 11.3 Å². The standard InChI is InChI=1S/C19H16N4O5S/c24-17(12-1-4-14(5-2-12)23(26)27)21-19-20-15-6-3-13(11-16(15)29-19)18(25)22-7-9-28-10-8-22/h1-6,11H,7-10H2,(H,20,21,24). The van der Waals surface area contributed by atoms with Gasteiger partial charge in [0.1, 0.15) is 0 Å². The van der Waals surface area contributed by atoms with Crippen molar-refractivity contribution in [2.75, 3.05) is 31.6 Å². The second kappa shape index (κ2) is 7.94. The number of amides is 2. The van der Waals surface area contributed by atoms with Crippen LogP contribution in [-0.2, 0) is 4.74 Å². The summed E-state index contributed by atoms with van der Waals surface area (Å²) >= 11 is 1.26. The minimum atomic E-state index is -0.523. The summed E-state index contributed by atoms with van der Waals surface area (Å²) in [4.78, 5) is 41.3. The zero-order chi connectivity index (χ0) is 20.4. The van der Waals surface area contributed by atoms with Gasteiger partial charge in [-0.3, -0.25) is 25.0 Å². The fourth-order valence-corrected chi connectivity index (χ4v) is 3.86. The molecule has 1 saturated heterocycles. The first kappa shape index (κ1) is 19.0. The molecule has 2 amide bonds. The third-order valence-corrected chi connectivity index (χ3v) is 5.43. The summed E-state index contributed by atoms with van der Waals surface area (Å²) < 4.78 is 6.06. The summed E-state index contributed by atoms with van der Waals surface area (Å²) in [6.07, 6.45) is 0. The SMILES string of the molecule is O=C(Nc1nc2ccc(C(=O)N3CCOCC3)cc2s1)c1ccc([N+](=O)[O-])cc1. The van der Waals surface area contributed by atoms with Crippen molar-refractivity contribution in [2.45, 2.75) is 0 Å². The van der Waals surface area contributed by atoms with E-state index in [1.165, 1.54) is 35.6 Å². The number of non-ortho nitro benzene ring substituents is 1. The van der Waals surface area contributed by atoms with Crippen LogP contribution in [0.2, 0.25) is 0 Å². The monoisotopic (exact) mass is 412 g/mol. The molecule has 4 rings (SSSR count). The van der Waals surface area contributed by atoms with Gasteiger partial charge in [0.15, 0.2) is 5.13 Å². The largest absolute Gasteiger partial charge is 0.378 e. The predicted molar refractivity (Wildman–Crippen MR) is 107 cm³/mol. The van der Waals surface area contributed by atoms with E-state index in [1.807, 2.05) is 0 Å². The number of ether oxygens (including phenoxy) is 1. The molecule has 0 radical (unpaired) electrons. The van der Waals surface area contributed by atoms with E-state index >= 15 is 0 Å². The number of anilines is 1. The molecular formula is C19H16N4O5S. The molecule has 0 spiro atoms. The number of nitro benzene ring substituents is 1. The Hall–Kier alpha value is -3.37. The Bertz CT molecular complexity index is 1090. The predicted octanol–water partition coefficient (Wildman–Crippen LogP) is 2.93. The van der Waals surface area contributed by atoms with Gasteiger partial charge in [-0.1, -0.05) is 11.3 Å². The average Bonchev–Trinajstić information content (AvgIpc) is 3.15. The first-order chi connectivity index (χ1) is 14.0. The van der Waals surface area contributed by atoms with Crippen LogP contribution in [0.5, 0.6) is 0 Å². The summed E-state index contributed by atoms with van der Waals surface area (Å²) in [5, 5.41) is 13.8. The van der Waals surface area contributed by atoms with E-state index in [0.717, 1.165) is 4.70 Å². The summed E-state index contributed by atoms with van der Waals surface area (Å²) in [6.45, 7) is 2.20. The smallest absolute Gasteiger partial charge is 0.269 e. The Kier molecular flexibility index (Phi) is 5.19. The molecule has 3 aromatic rings. The molecule has 0 aliphatic carbocycles. The molecule has 1 aliphatic rings. The van der Waals surface area contributed by atoms with Gasteiger partial charge in [-0.15, -0.1) is 0 Å². The minimum absolute atomic E-state index is 0.0555. The van der Waals surface area contributed by atoms with E-state index in [0.29, 0.717) is 42.5 Å². The lowest BCUT2D eigenvalue weighted by Crippen LogP contribution is -2.40. The number of morpholine rings is 1. The van der Waals surface area contributed by atoms with Crippen LogP contribution in [0.25, 0.3) is 10.2 Å². The number of hydrogen-bond donors (Lipinski definition) is 1. The molecule has 1 N–H and O–H groups in total.